The summed E-state index contributed by atoms with van der Waals surface area (Å²) in [4.78, 5) is 2.33. The van der Waals surface area contributed by atoms with Crippen molar-refractivity contribution in [3.8, 4) is 5.75 Å². The molecule has 0 saturated carbocycles. The molecule has 0 radical (unpaired) electrons. The Hall–Kier alpha value is -0.930. The van der Waals surface area contributed by atoms with Crippen LogP contribution in [0, 0.1) is 0 Å². The predicted octanol–water partition coefficient (Wildman–Crippen LogP) is 3.04. The van der Waals surface area contributed by atoms with Gasteiger partial charge in [-0.2, -0.15) is 12.6 Å². The monoisotopic (exact) mass is 265 g/mol. The van der Waals surface area contributed by atoms with E-state index in [9.17, 15) is 0 Å². The second-order valence-electron chi connectivity index (χ2n) is 4.46. The van der Waals surface area contributed by atoms with Crippen LogP contribution in [0.3, 0.4) is 0 Å². The molecule has 0 aliphatic rings. The average molecular weight is 265 g/mol. The van der Waals surface area contributed by atoms with Crippen molar-refractivity contribution in [1.29, 1.82) is 0 Å². The maximum atomic E-state index is 5.38. The number of para-hydroxylation sites is 1. The van der Waals surface area contributed by atoms with Crippen molar-refractivity contribution in [2.75, 3.05) is 26.5 Å². The molecule has 0 amide bonds. The molecule has 1 aromatic carbocycles. The lowest BCUT2D eigenvalue weighted by atomic mass is 10.1. The molecule has 1 rings (SSSR count). The van der Waals surface area contributed by atoms with Crippen LogP contribution in [-0.2, 0) is 6.42 Å². The molecule has 0 N–H and O–H groups in total. The van der Waals surface area contributed by atoms with Gasteiger partial charge in [0.05, 0.1) is 7.11 Å². The first-order valence-electron chi connectivity index (χ1n) is 6.27. The minimum atomic E-state index is 0.478. The van der Waals surface area contributed by atoms with Crippen LogP contribution < -0.4 is 4.74 Å². The number of ether oxygens (including phenoxy) is 1. The standard InChI is InChI=1S/C15H23NOS/c1-13(16(2)10-6-7-11-18)12-14-8-4-5-9-15(14)17-3/h4-9,13,18H,10-12H2,1-3H3. The number of benzene rings is 1. The zero-order valence-electron chi connectivity index (χ0n) is 11.5. The zero-order valence-corrected chi connectivity index (χ0v) is 12.4. The fraction of sp³-hybridized carbons (Fsp3) is 0.467. The number of hydrogen-bond donors (Lipinski definition) is 1. The van der Waals surface area contributed by atoms with Crippen LogP contribution in [0.15, 0.2) is 36.4 Å². The van der Waals surface area contributed by atoms with E-state index in [1.54, 1.807) is 7.11 Å². The highest BCUT2D eigenvalue weighted by molar-refractivity contribution is 7.80. The van der Waals surface area contributed by atoms with Gasteiger partial charge in [0.25, 0.3) is 0 Å². The molecule has 1 unspecified atom stereocenters. The molecule has 18 heavy (non-hydrogen) atoms. The topological polar surface area (TPSA) is 12.5 Å². The largest absolute Gasteiger partial charge is 0.496 e. The molecule has 0 aliphatic heterocycles. The van der Waals surface area contributed by atoms with Crippen molar-refractivity contribution in [3.05, 3.63) is 42.0 Å². The number of rotatable bonds is 7. The summed E-state index contributed by atoms with van der Waals surface area (Å²) in [6, 6.07) is 8.69. The van der Waals surface area contributed by atoms with Crippen LogP contribution in [0.1, 0.15) is 12.5 Å². The van der Waals surface area contributed by atoms with E-state index in [1.807, 2.05) is 12.1 Å². The summed E-state index contributed by atoms with van der Waals surface area (Å²) in [5.41, 5.74) is 1.26. The van der Waals surface area contributed by atoms with Crippen LogP contribution >= 0.6 is 12.6 Å². The van der Waals surface area contributed by atoms with E-state index in [4.69, 9.17) is 4.74 Å². The second kappa shape index (κ2) is 8.22. The lowest BCUT2D eigenvalue weighted by molar-refractivity contribution is 0.280. The van der Waals surface area contributed by atoms with Gasteiger partial charge in [-0.3, -0.25) is 4.90 Å². The van der Waals surface area contributed by atoms with Crippen molar-refractivity contribution in [1.82, 2.24) is 4.90 Å². The molecule has 100 valence electrons. The lowest BCUT2D eigenvalue weighted by Crippen LogP contribution is -2.31. The van der Waals surface area contributed by atoms with Gasteiger partial charge in [0.15, 0.2) is 0 Å². The normalized spacial score (nSPS) is 13.2. The molecule has 3 heteroatoms. The van der Waals surface area contributed by atoms with Gasteiger partial charge >= 0.3 is 0 Å². The molecule has 0 bridgehead atoms. The summed E-state index contributed by atoms with van der Waals surface area (Å²) in [5, 5.41) is 0. The number of thiol groups is 1. The Labute approximate surface area is 116 Å². The third kappa shape index (κ3) is 4.75. The van der Waals surface area contributed by atoms with Gasteiger partial charge in [-0.1, -0.05) is 30.4 Å². The van der Waals surface area contributed by atoms with Crippen molar-refractivity contribution < 1.29 is 4.74 Å². The number of methoxy groups -OCH3 is 1. The summed E-state index contributed by atoms with van der Waals surface area (Å²) >= 11 is 4.16. The highest BCUT2D eigenvalue weighted by atomic mass is 32.1. The van der Waals surface area contributed by atoms with E-state index in [1.165, 1.54) is 5.56 Å². The van der Waals surface area contributed by atoms with Crippen LogP contribution in [0.2, 0.25) is 0 Å². The third-order valence-corrected chi connectivity index (χ3v) is 3.34. The minimum absolute atomic E-state index is 0.478. The predicted molar refractivity (Wildman–Crippen MR) is 81.8 cm³/mol. The smallest absolute Gasteiger partial charge is 0.122 e. The van der Waals surface area contributed by atoms with Crippen molar-refractivity contribution in [2.24, 2.45) is 0 Å². The molecular formula is C15H23NOS. The van der Waals surface area contributed by atoms with Crippen molar-refractivity contribution >= 4 is 12.6 Å². The molecular weight excluding hydrogens is 242 g/mol. The summed E-state index contributed by atoms with van der Waals surface area (Å²) in [7, 11) is 3.87. The van der Waals surface area contributed by atoms with Gasteiger partial charge in [-0.15, -0.1) is 0 Å². The van der Waals surface area contributed by atoms with E-state index in [-0.39, 0.29) is 0 Å². The summed E-state index contributed by atoms with van der Waals surface area (Å²) in [5.74, 6) is 1.78. The van der Waals surface area contributed by atoms with Crippen LogP contribution in [0.4, 0.5) is 0 Å². The van der Waals surface area contributed by atoms with E-state index < -0.39 is 0 Å². The van der Waals surface area contributed by atoms with Crippen LogP contribution in [-0.4, -0.2) is 37.4 Å². The highest BCUT2D eigenvalue weighted by Crippen LogP contribution is 2.20. The summed E-state index contributed by atoms with van der Waals surface area (Å²) in [6.45, 7) is 3.19. The number of nitrogens with zero attached hydrogens (tertiary/aromatic N) is 1. The molecule has 0 fully saturated rings. The molecule has 0 heterocycles. The maximum Gasteiger partial charge on any atom is 0.122 e. The second-order valence-corrected chi connectivity index (χ2v) is 4.82. The van der Waals surface area contributed by atoms with Gasteiger partial charge in [0, 0.05) is 18.3 Å². The van der Waals surface area contributed by atoms with Gasteiger partial charge in [0.1, 0.15) is 5.75 Å². The summed E-state index contributed by atoms with van der Waals surface area (Å²) < 4.78 is 5.38. The third-order valence-electron chi connectivity index (χ3n) is 3.13. The Morgan fingerprint density at radius 2 is 2.06 bits per heavy atom. The Morgan fingerprint density at radius 3 is 2.72 bits per heavy atom. The number of likely N-dealkylation sites (N-methyl/N-ethyl adjacent to an activating group) is 1. The van der Waals surface area contributed by atoms with Gasteiger partial charge in [-0.05, 0) is 32.0 Å². The van der Waals surface area contributed by atoms with Gasteiger partial charge in [-0.25, -0.2) is 0 Å². The molecule has 0 aliphatic carbocycles. The van der Waals surface area contributed by atoms with Gasteiger partial charge < -0.3 is 4.74 Å². The fourth-order valence-electron chi connectivity index (χ4n) is 1.84. The van der Waals surface area contributed by atoms with Crippen LogP contribution in [0.25, 0.3) is 0 Å². The van der Waals surface area contributed by atoms with Gasteiger partial charge in [0.2, 0.25) is 0 Å². The first kappa shape index (κ1) is 15.1. The number of hydrogen-bond acceptors (Lipinski definition) is 3. The maximum absolute atomic E-state index is 5.38. The molecule has 1 atom stereocenters. The first-order valence-corrected chi connectivity index (χ1v) is 6.90. The van der Waals surface area contributed by atoms with E-state index in [0.717, 1.165) is 24.5 Å². The van der Waals surface area contributed by atoms with E-state index in [2.05, 4.69) is 55.8 Å². The highest BCUT2D eigenvalue weighted by Gasteiger charge is 2.11. The Bertz CT molecular complexity index is 379. The van der Waals surface area contributed by atoms with Crippen LogP contribution in [0.5, 0.6) is 5.75 Å². The molecule has 1 aromatic rings. The lowest BCUT2D eigenvalue weighted by Gasteiger charge is -2.24. The fourth-order valence-corrected chi connectivity index (χ4v) is 1.99. The quantitative estimate of drug-likeness (QED) is 0.601. The Balaban J connectivity index is 2.57. The van der Waals surface area contributed by atoms with E-state index >= 15 is 0 Å². The summed E-state index contributed by atoms with van der Waals surface area (Å²) in [6.07, 6.45) is 5.23. The van der Waals surface area contributed by atoms with E-state index in [0.29, 0.717) is 6.04 Å². The molecule has 0 aromatic heterocycles. The Morgan fingerprint density at radius 1 is 1.33 bits per heavy atom. The SMILES string of the molecule is COc1ccccc1CC(C)N(C)CC=CCS. The van der Waals surface area contributed by atoms with Crippen molar-refractivity contribution in [3.63, 3.8) is 0 Å². The molecule has 0 saturated heterocycles. The molecule has 0 spiro atoms. The van der Waals surface area contributed by atoms with Crippen molar-refractivity contribution in [2.45, 2.75) is 19.4 Å². The first-order chi connectivity index (χ1) is 8.69. The minimum Gasteiger partial charge on any atom is -0.496 e. The average Bonchev–Trinajstić information content (AvgIpc) is 2.39. The molecule has 2 nitrogen and oxygen atoms in total. The Kier molecular flexibility index (Phi) is 6.91. The zero-order chi connectivity index (χ0) is 13.4.